The Bertz CT molecular complexity index is 468. The number of hydrogen-bond acceptors (Lipinski definition) is 2. The zero-order valence-electron chi connectivity index (χ0n) is 11.5. The quantitative estimate of drug-likeness (QED) is 0.869. The summed E-state index contributed by atoms with van der Waals surface area (Å²) in [7, 11) is 0. The maximum atomic E-state index is 12.1. The van der Waals surface area contributed by atoms with Gasteiger partial charge in [0.05, 0.1) is 0 Å². The molecule has 0 fully saturated rings. The molecule has 18 heavy (non-hydrogen) atoms. The molecule has 98 valence electrons. The number of nitrogens with two attached hydrogens (primary N) is 1. The molecule has 0 spiro atoms. The number of hydrogen-bond donors (Lipinski definition) is 1. The first kappa shape index (κ1) is 13.1. The largest absolute Gasteiger partial charge is 0.330 e. The molecule has 0 saturated carbocycles. The molecular weight excluding hydrogens is 224 g/mol. The van der Waals surface area contributed by atoms with E-state index < -0.39 is 0 Å². The Hall–Kier alpha value is -1.35. The zero-order chi connectivity index (χ0) is 13.3. The maximum absolute atomic E-state index is 12.1. The maximum Gasteiger partial charge on any atom is 0.226 e. The van der Waals surface area contributed by atoms with Crippen molar-refractivity contribution in [3.05, 3.63) is 28.8 Å². The van der Waals surface area contributed by atoms with Crippen molar-refractivity contribution in [2.24, 2.45) is 11.7 Å². The summed E-state index contributed by atoms with van der Waals surface area (Å²) in [6, 6.07) is 4.35. The van der Waals surface area contributed by atoms with Gasteiger partial charge in [0.15, 0.2) is 0 Å². The molecule has 0 radical (unpaired) electrons. The fourth-order valence-electron chi connectivity index (χ4n) is 2.59. The summed E-state index contributed by atoms with van der Waals surface area (Å²) in [5.41, 5.74) is 10.7. The molecule has 2 N–H and O–H groups in total. The van der Waals surface area contributed by atoms with Gasteiger partial charge >= 0.3 is 0 Å². The molecule has 2 rings (SSSR count). The molecule has 1 aromatic carbocycles. The Labute approximate surface area is 109 Å². The van der Waals surface area contributed by atoms with Gasteiger partial charge in [-0.1, -0.05) is 13.0 Å². The van der Waals surface area contributed by atoms with Crippen molar-refractivity contribution < 1.29 is 4.79 Å². The van der Waals surface area contributed by atoms with Crippen LogP contribution in [-0.4, -0.2) is 19.0 Å². The van der Waals surface area contributed by atoms with E-state index in [9.17, 15) is 4.79 Å². The van der Waals surface area contributed by atoms with Gasteiger partial charge in [-0.2, -0.15) is 0 Å². The molecule has 1 atom stereocenters. The summed E-state index contributed by atoms with van der Waals surface area (Å²) in [5.74, 6) is 0.577. The van der Waals surface area contributed by atoms with E-state index in [4.69, 9.17) is 5.73 Å². The number of fused-ring (bicyclic) bond motifs is 1. The summed E-state index contributed by atoms with van der Waals surface area (Å²) in [6.07, 6.45) is 1.53. The molecule has 3 nitrogen and oxygen atoms in total. The molecular formula is C15H22N2O. The van der Waals surface area contributed by atoms with Crippen molar-refractivity contribution in [1.82, 2.24) is 0 Å². The Morgan fingerprint density at radius 1 is 1.39 bits per heavy atom. The molecule has 3 heteroatoms. The lowest BCUT2D eigenvalue weighted by Crippen LogP contribution is -2.42. The molecule has 1 heterocycles. The monoisotopic (exact) mass is 246 g/mol. The van der Waals surface area contributed by atoms with E-state index in [1.54, 1.807) is 0 Å². The number of anilines is 1. The lowest BCUT2D eigenvalue weighted by atomic mass is 9.90. The highest BCUT2D eigenvalue weighted by Gasteiger charge is 2.27. The highest BCUT2D eigenvalue weighted by molar-refractivity contribution is 5.94. The number of nitrogens with zero attached hydrogens (tertiary/aromatic N) is 1. The van der Waals surface area contributed by atoms with Crippen molar-refractivity contribution >= 4 is 11.6 Å². The lowest BCUT2D eigenvalue weighted by Gasteiger charge is -2.34. The van der Waals surface area contributed by atoms with Gasteiger partial charge in [0.1, 0.15) is 0 Å². The van der Waals surface area contributed by atoms with E-state index in [-0.39, 0.29) is 5.91 Å². The normalized spacial score (nSPS) is 18.7. The molecule has 1 aromatic rings. The van der Waals surface area contributed by atoms with Crippen LogP contribution in [0.25, 0.3) is 0 Å². The fraction of sp³-hybridized carbons (Fsp3) is 0.533. The minimum absolute atomic E-state index is 0.192. The van der Waals surface area contributed by atoms with Crippen LogP contribution in [0.4, 0.5) is 5.69 Å². The molecule has 0 aliphatic carbocycles. The van der Waals surface area contributed by atoms with Gasteiger partial charge in [0, 0.05) is 18.7 Å². The summed E-state index contributed by atoms with van der Waals surface area (Å²) < 4.78 is 0. The second kappa shape index (κ2) is 5.11. The van der Waals surface area contributed by atoms with Crippen molar-refractivity contribution in [3.63, 3.8) is 0 Å². The van der Waals surface area contributed by atoms with Crippen LogP contribution >= 0.6 is 0 Å². The van der Waals surface area contributed by atoms with Gasteiger partial charge in [-0.15, -0.1) is 0 Å². The van der Waals surface area contributed by atoms with E-state index in [1.807, 2.05) is 11.8 Å². The lowest BCUT2D eigenvalue weighted by molar-refractivity contribution is -0.118. The van der Waals surface area contributed by atoms with Crippen LogP contribution in [0.1, 0.15) is 30.0 Å². The van der Waals surface area contributed by atoms with Crippen LogP contribution in [0, 0.1) is 19.8 Å². The first-order chi connectivity index (χ1) is 8.56. The minimum Gasteiger partial charge on any atom is -0.330 e. The van der Waals surface area contributed by atoms with Crippen LogP contribution < -0.4 is 10.6 Å². The molecule has 0 aromatic heterocycles. The smallest absolute Gasteiger partial charge is 0.226 e. The van der Waals surface area contributed by atoms with Crippen molar-refractivity contribution in [2.45, 2.75) is 33.6 Å². The number of carbonyl (C=O) groups excluding carboxylic acids is 1. The van der Waals surface area contributed by atoms with E-state index >= 15 is 0 Å². The van der Waals surface area contributed by atoms with Crippen molar-refractivity contribution in [3.8, 4) is 0 Å². The number of carbonyl (C=O) groups is 1. The van der Waals surface area contributed by atoms with E-state index in [0.717, 1.165) is 18.7 Å². The predicted octanol–water partition coefficient (Wildman–Crippen LogP) is 2.18. The summed E-state index contributed by atoms with van der Waals surface area (Å²) >= 11 is 0. The van der Waals surface area contributed by atoms with Crippen LogP contribution in [-0.2, 0) is 11.2 Å². The van der Waals surface area contributed by atoms with Gasteiger partial charge in [0.2, 0.25) is 5.91 Å². The van der Waals surface area contributed by atoms with E-state index in [1.165, 1.54) is 16.7 Å². The molecule has 0 bridgehead atoms. The predicted molar refractivity (Wildman–Crippen MR) is 74.8 cm³/mol. The zero-order valence-corrected chi connectivity index (χ0v) is 11.5. The first-order valence-electron chi connectivity index (χ1n) is 6.67. The minimum atomic E-state index is 0.192. The third kappa shape index (κ3) is 2.27. The summed E-state index contributed by atoms with van der Waals surface area (Å²) in [4.78, 5) is 14.0. The number of amides is 1. The van der Waals surface area contributed by atoms with Crippen LogP contribution in [0.2, 0.25) is 0 Å². The van der Waals surface area contributed by atoms with Gasteiger partial charge in [-0.05, 0) is 55.5 Å². The molecule has 0 saturated heterocycles. The molecule has 1 aliphatic heterocycles. The third-order valence-electron chi connectivity index (χ3n) is 3.87. The Balaban J connectivity index is 2.46. The number of benzene rings is 1. The Morgan fingerprint density at radius 2 is 2.06 bits per heavy atom. The molecule has 1 amide bonds. The second-order valence-corrected chi connectivity index (χ2v) is 5.23. The second-order valence-electron chi connectivity index (χ2n) is 5.23. The summed E-state index contributed by atoms with van der Waals surface area (Å²) in [5, 5.41) is 0. The number of aryl methyl sites for hydroxylation is 2. The SMILES string of the molecule is CCC(=O)N1C[C@@H](CN)Cc2cc(C)c(C)cc21. The summed E-state index contributed by atoms with van der Waals surface area (Å²) in [6.45, 7) is 7.53. The van der Waals surface area contributed by atoms with Crippen molar-refractivity contribution in [2.75, 3.05) is 18.0 Å². The first-order valence-corrected chi connectivity index (χ1v) is 6.67. The third-order valence-corrected chi connectivity index (χ3v) is 3.87. The van der Waals surface area contributed by atoms with Gasteiger partial charge in [-0.3, -0.25) is 4.79 Å². The van der Waals surface area contributed by atoms with Gasteiger partial charge < -0.3 is 10.6 Å². The highest BCUT2D eigenvalue weighted by Crippen LogP contribution is 2.32. The molecule has 1 aliphatic rings. The van der Waals surface area contributed by atoms with Crippen LogP contribution in [0.5, 0.6) is 0 Å². The Kier molecular flexibility index (Phi) is 3.71. The van der Waals surface area contributed by atoms with E-state index in [0.29, 0.717) is 18.9 Å². The van der Waals surface area contributed by atoms with Gasteiger partial charge in [-0.25, -0.2) is 0 Å². The fourth-order valence-corrected chi connectivity index (χ4v) is 2.59. The van der Waals surface area contributed by atoms with Crippen LogP contribution in [0.3, 0.4) is 0 Å². The van der Waals surface area contributed by atoms with Crippen LogP contribution in [0.15, 0.2) is 12.1 Å². The van der Waals surface area contributed by atoms with Crippen molar-refractivity contribution in [1.29, 1.82) is 0 Å². The average Bonchev–Trinajstić information content (AvgIpc) is 2.38. The number of rotatable bonds is 2. The molecule has 0 unspecified atom stereocenters. The average molecular weight is 246 g/mol. The topological polar surface area (TPSA) is 46.3 Å². The van der Waals surface area contributed by atoms with Gasteiger partial charge in [0.25, 0.3) is 0 Å². The standard InChI is InChI=1S/C15H22N2O/c1-4-15(18)17-9-12(8-16)7-13-5-10(2)11(3)6-14(13)17/h5-6,12H,4,7-9,16H2,1-3H3/t12-/m1/s1. The highest BCUT2D eigenvalue weighted by atomic mass is 16.2. The van der Waals surface area contributed by atoms with E-state index in [2.05, 4.69) is 26.0 Å². The Morgan fingerprint density at radius 3 is 2.67 bits per heavy atom.